The lowest BCUT2D eigenvalue weighted by atomic mass is 10.1. The Morgan fingerprint density at radius 1 is 1.44 bits per heavy atom. The molecule has 0 amide bonds. The third-order valence-corrected chi connectivity index (χ3v) is 3.02. The molecule has 2 rings (SSSR count). The molecule has 0 unspecified atom stereocenters. The van der Waals surface area contributed by atoms with Crippen LogP contribution in [0.15, 0.2) is 12.1 Å². The van der Waals surface area contributed by atoms with Crippen LogP contribution in [0.4, 0.5) is 5.82 Å². The molecule has 0 aromatic carbocycles. The van der Waals surface area contributed by atoms with Gasteiger partial charge in [-0.05, 0) is 31.4 Å². The first-order valence-electron chi connectivity index (χ1n) is 5.56. The zero-order chi connectivity index (χ0) is 11.5. The molecule has 1 aliphatic heterocycles. The fourth-order valence-corrected chi connectivity index (χ4v) is 1.92. The van der Waals surface area contributed by atoms with Crippen LogP contribution in [0.3, 0.4) is 0 Å². The van der Waals surface area contributed by atoms with Crippen molar-refractivity contribution in [3.8, 4) is 0 Å². The van der Waals surface area contributed by atoms with Crippen molar-refractivity contribution in [2.75, 3.05) is 18.0 Å². The Hall–Kier alpha value is -1.42. The van der Waals surface area contributed by atoms with Crippen molar-refractivity contribution in [2.24, 2.45) is 0 Å². The van der Waals surface area contributed by atoms with Crippen molar-refractivity contribution in [3.63, 3.8) is 0 Å². The Labute approximate surface area is 94.9 Å². The molecule has 1 saturated heterocycles. The van der Waals surface area contributed by atoms with E-state index < -0.39 is 0 Å². The lowest BCUT2D eigenvalue weighted by Crippen LogP contribution is -2.36. The molecule has 0 bridgehead atoms. The number of nitrogens with zero attached hydrogens (tertiary/aromatic N) is 2. The molecule has 0 atom stereocenters. The molecule has 0 spiro atoms. The summed E-state index contributed by atoms with van der Waals surface area (Å²) < 4.78 is 0. The number of carbonyl (C=O) groups is 1. The Kier molecular flexibility index (Phi) is 3.19. The molecule has 4 heteroatoms. The highest BCUT2D eigenvalue weighted by Gasteiger charge is 2.18. The number of pyridine rings is 1. The molecular weight excluding hydrogens is 204 g/mol. The standard InChI is InChI=1S/C12H16N2O2/c1-9-2-3-12(13-11(9)8-15)14-6-4-10(16)5-7-14/h2-3,8,10,16H,4-7H2,1H3. The van der Waals surface area contributed by atoms with Gasteiger partial charge in [0, 0.05) is 13.1 Å². The maximum Gasteiger partial charge on any atom is 0.168 e. The van der Waals surface area contributed by atoms with Gasteiger partial charge >= 0.3 is 0 Å². The van der Waals surface area contributed by atoms with E-state index >= 15 is 0 Å². The first kappa shape index (κ1) is 11.1. The van der Waals surface area contributed by atoms with Crippen LogP contribution in [0.1, 0.15) is 28.9 Å². The van der Waals surface area contributed by atoms with Gasteiger partial charge in [-0.1, -0.05) is 6.07 Å². The van der Waals surface area contributed by atoms with Crippen molar-refractivity contribution >= 4 is 12.1 Å². The van der Waals surface area contributed by atoms with E-state index in [9.17, 15) is 9.90 Å². The minimum Gasteiger partial charge on any atom is -0.393 e. The van der Waals surface area contributed by atoms with Gasteiger partial charge in [0.25, 0.3) is 0 Å². The molecule has 1 aromatic rings. The minimum absolute atomic E-state index is 0.188. The van der Waals surface area contributed by atoms with Gasteiger partial charge in [0.1, 0.15) is 11.5 Å². The van der Waals surface area contributed by atoms with E-state index in [0.29, 0.717) is 5.69 Å². The van der Waals surface area contributed by atoms with Gasteiger partial charge in [-0.15, -0.1) is 0 Å². The van der Waals surface area contributed by atoms with E-state index in [-0.39, 0.29) is 6.10 Å². The third-order valence-electron chi connectivity index (χ3n) is 3.02. The van der Waals surface area contributed by atoms with Gasteiger partial charge in [0.2, 0.25) is 0 Å². The van der Waals surface area contributed by atoms with Crippen LogP contribution in [0.5, 0.6) is 0 Å². The number of aromatic nitrogens is 1. The first-order chi connectivity index (χ1) is 7.70. The van der Waals surface area contributed by atoms with Crippen LogP contribution in [-0.4, -0.2) is 35.6 Å². The van der Waals surface area contributed by atoms with Gasteiger partial charge in [0.15, 0.2) is 6.29 Å². The number of carbonyl (C=O) groups excluding carboxylic acids is 1. The number of aryl methyl sites for hydroxylation is 1. The Morgan fingerprint density at radius 2 is 2.12 bits per heavy atom. The third kappa shape index (κ3) is 2.22. The summed E-state index contributed by atoms with van der Waals surface area (Å²) in [6.45, 7) is 3.48. The van der Waals surface area contributed by atoms with E-state index in [1.54, 1.807) is 0 Å². The second-order valence-electron chi connectivity index (χ2n) is 4.21. The van der Waals surface area contributed by atoms with E-state index in [4.69, 9.17) is 0 Å². The number of anilines is 1. The molecule has 0 saturated carbocycles. The number of aliphatic hydroxyl groups is 1. The van der Waals surface area contributed by atoms with Crippen molar-refractivity contribution in [1.29, 1.82) is 0 Å². The molecule has 2 heterocycles. The summed E-state index contributed by atoms with van der Waals surface area (Å²) in [6, 6.07) is 3.84. The van der Waals surface area contributed by atoms with Gasteiger partial charge < -0.3 is 10.0 Å². The Bertz CT molecular complexity index is 385. The molecule has 16 heavy (non-hydrogen) atoms. The van der Waals surface area contributed by atoms with E-state index in [0.717, 1.165) is 43.6 Å². The SMILES string of the molecule is Cc1ccc(N2CCC(O)CC2)nc1C=O. The summed E-state index contributed by atoms with van der Waals surface area (Å²) in [5.41, 5.74) is 1.40. The number of rotatable bonds is 2. The van der Waals surface area contributed by atoms with Crippen molar-refractivity contribution in [1.82, 2.24) is 4.98 Å². The molecule has 1 fully saturated rings. The lowest BCUT2D eigenvalue weighted by molar-refractivity contribution is 0.111. The average Bonchev–Trinajstić information content (AvgIpc) is 2.31. The first-order valence-corrected chi connectivity index (χ1v) is 5.56. The predicted octanol–water partition coefficient (Wildman–Crippen LogP) is 1.16. The lowest BCUT2D eigenvalue weighted by Gasteiger charge is -2.30. The molecule has 0 aliphatic carbocycles. The largest absolute Gasteiger partial charge is 0.393 e. The van der Waals surface area contributed by atoms with E-state index in [2.05, 4.69) is 9.88 Å². The monoisotopic (exact) mass is 220 g/mol. The minimum atomic E-state index is -0.188. The van der Waals surface area contributed by atoms with Crippen molar-refractivity contribution in [2.45, 2.75) is 25.9 Å². The summed E-state index contributed by atoms with van der Waals surface area (Å²) in [6.07, 6.45) is 2.14. The zero-order valence-corrected chi connectivity index (χ0v) is 9.39. The predicted molar refractivity (Wildman–Crippen MR) is 61.8 cm³/mol. The van der Waals surface area contributed by atoms with Crippen LogP contribution in [0.25, 0.3) is 0 Å². The molecule has 1 aliphatic rings. The summed E-state index contributed by atoms with van der Waals surface area (Å²) in [7, 11) is 0. The number of hydrogen-bond acceptors (Lipinski definition) is 4. The van der Waals surface area contributed by atoms with E-state index in [1.165, 1.54) is 0 Å². The number of aldehydes is 1. The highest BCUT2D eigenvalue weighted by molar-refractivity contribution is 5.75. The second kappa shape index (κ2) is 4.61. The average molecular weight is 220 g/mol. The molecule has 86 valence electrons. The fraction of sp³-hybridized carbons (Fsp3) is 0.500. The van der Waals surface area contributed by atoms with Crippen LogP contribution >= 0.6 is 0 Å². The Balaban J connectivity index is 2.17. The highest BCUT2D eigenvalue weighted by atomic mass is 16.3. The smallest absolute Gasteiger partial charge is 0.168 e. The second-order valence-corrected chi connectivity index (χ2v) is 4.21. The summed E-state index contributed by atoms with van der Waals surface area (Å²) >= 11 is 0. The molecule has 1 aromatic heterocycles. The topological polar surface area (TPSA) is 53.4 Å². The highest BCUT2D eigenvalue weighted by Crippen LogP contribution is 2.19. The summed E-state index contributed by atoms with van der Waals surface area (Å²) in [5.74, 6) is 0.833. The molecule has 0 radical (unpaired) electrons. The molecule has 1 N–H and O–H groups in total. The molecule has 4 nitrogen and oxygen atoms in total. The van der Waals surface area contributed by atoms with Crippen LogP contribution < -0.4 is 4.90 Å². The van der Waals surface area contributed by atoms with Crippen LogP contribution in [0.2, 0.25) is 0 Å². The van der Waals surface area contributed by atoms with Gasteiger partial charge in [-0.25, -0.2) is 4.98 Å². The number of aliphatic hydroxyl groups excluding tert-OH is 1. The van der Waals surface area contributed by atoms with Gasteiger partial charge in [-0.3, -0.25) is 4.79 Å². The number of hydrogen-bond donors (Lipinski definition) is 1. The Morgan fingerprint density at radius 3 is 2.75 bits per heavy atom. The van der Waals surface area contributed by atoms with Gasteiger partial charge in [0.05, 0.1) is 6.10 Å². The maximum absolute atomic E-state index is 10.8. The quantitative estimate of drug-likeness (QED) is 0.760. The van der Waals surface area contributed by atoms with Crippen LogP contribution in [-0.2, 0) is 0 Å². The number of piperidine rings is 1. The fourth-order valence-electron chi connectivity index (χ4n) is 1.92. The zero-order valence-electron chi connectivity index (χ0n) is 9.39. The maximum atomic E-state index is 10.8. The molecular formula is C12H16N2O2. The summed E-state index contributed by atoms with van der Waals surface area (Å²) in [5, 5.41) is 9.42. The normalized spacial score (nSPS) is 17.5. The summed E-state index contributed by atoms with van der Waals surface area (Å²) in [4.78, 5) is 17.2. The van der Waals surface area contributed by atoms with Crippen molar-refractivity contribution < 1.29 is 9.90 Å². The van der Waals surface area contributed by atoms with E-state index in [1.807, 2.05) is 19.1 Å². The van der Waals surface area contributed by atoms with Crippen molar-refractivity contribution in [3.05, 3.63) is 23.4 Å². The van der Waals surface area contributed by atoms with Gasteiger partial charge in [-0.2, -0.15) is 0 Å². The van der Waals surface area contributed by atoms with Crippen LogP contribution in [0, 0.1) is 6.92 Å².